The quantitative estimate of drug-likeness (QED) is 0.907. The molecule has 2 heterocycles. The van der Waals surface area contributed by atoms with E-state index in [9.17, 15) is 9.90 Å². The molecule has 0 radical (unpaired) electrons. The van der Waals surface area contributed by atoms with E-state index in [0.29, 0.717) is 12.2 Å². The fourth-order valence-corrected chi connectivity index (χ4v) is 2.74. The van der Waals surface area contributed by atoms with Crippen molar-refractivity contribution in [2.75, 3.05) is 6.61 Å². The van der Waals surface area contributed by atoms with Crippen molar-refractivity contribution in [1.82, 2.24) is 10.2 Å². The Morgan fingerprint density at radius 3 is 2.71 bits per heavy atom. The van der Waals surface area contributed by atoms with Gasteiger partial charge in [-0.05, 0) is 31.7 Å². The number of nitrogens with one attached hydrogen (secondary N) is 1. The van der Waals surface area contributed by atoms with Crippen LogP contribution in [0.4, 0.5) is 0 Å². The van der Waals surface area contributed by atoms with Crippen molar-refractivity contribution >= 4 is 5.97 Å². The van der Waals surface area contributed by atoms with E-state index in [1.807, 2.05) is 31.2 Å². The summed E-state index contributed by atoms with van der Waals surface area (Å²) in [7, 11) is 0. The molecular formula is C16H18N2O3. The SMILES string of the molecule is Cc1ccc(-c2[nH]nc(C(=O)O)c2C2CCCCO2)cc1. The smallest absolute Gasteiger partial charge is 0.356 e. The number of ether oxygens (including phenoxy) is 1. The van der Waals surface area contributed by atoms with Crippen molar-refractivity contribution in [2.24, 2.45) is 0 Å². The van der Waals surface area contributed by atoms with Crippen molar-refractivity contribution in [3.8, 4) is 11.3 Å². The molecule has 5 nitrogen and oxygen atoms in total. The highest BCUT2D eigenvalue weighted by atomic mass is 16.5. The monoisotopic (exact) mass is 286 g/mol. The molecule has 1 unspecified atom stereocenters. The zero-order chi connectivity index (χ0) is 14.8. The van der Waals surface area contributed by atoms with Crippen LogP contribution in [0, 0.1) is 6.92 Å². The second-order valence-corrected chi connectivity index (χ2v) is 5.39. The summed E-state index contributed by atoms with van der Waals surface area (Å²) >= 11 is 0. The van der Waals surface area contributed by atoms with Gasteiger partial charge in [-0.15, -0.1) is 0 Å². The van der Waals surface area contributed by atoms with Gasteiger partial charge in [-0.1, -0.05) is 29.8 Å². The zero-order valence-corrected chi connectivity index (χ0v) is 11.9. The Labute approximate surface area is 123 Å². The lowest BCUT2D eigenvalue weighted by Gasteiger charge is -2.23. The Morgan fingerprint density at radius 1 is 1.33 bits per heavy atom. The second kappa shape index (κ2) is 5.69. The summed E-state index contributed by atoms with van der Waals surface area (Å²) in [6.45, 7) is 2.69. The normalized spacial score (nSPS) is 18.6. The molecule has 110 valence electrons. The Morgan fingerprint density at radius 2 is 2.10 bits per heavy atom. The minimum atomic E-state index is -1.02. The first kappa shape index (κ1) is 13.8. The highest BCUT2D eigenvalue weighted by Crippen LogP contribution is 2.36. The van der Waals surface area contributed by atoms with E-state index in [2.05, 4.69) is 10.2 Å². The fourth-order valence-electron chi connectivity index (χ4n) is 2.74. The molecule has 21 heavy (non-hydrogen) atoms. The first-order valence-corrected chi connectivity index (χ1v) is 7.17. The molecule has 1 saturated heterocycles. The van der Waals surface area contributed by atoms with Crippen molar-refractivity contribution in [3.63, 3.8) is 0 Å². The third-order valence-corrected chi connectivity index (χ3v) is 3.85. The van der Waals surface area contributed by atoms with Crippen LogP contribution in [0.1, 0.15) is 47.0 Å². The molecule has 1 aromatic carbocycles. The number of benzene rings is 1. The van der Waals surface area contributed by atoms with Gasteiger partial charge in [-0.3, -0.25) is 5.10 Å². The van der Waals surface area contributed by atoms with E-state index in [1.165, 1.54) is 0 Å². The number of H-pyrrole nitrogens is 1. The van der Waals surface area contributed by atoms with Gasteiger partial charge in [-0.25, -0.2) is 4.79 Å². The van der Waals surface area contributed by atoms with Gasteiger partial charge in [0.25, 0.3) is 0 Å². The molecular weight excluding hydrogens is 268 g/mol. The summed E-state index contributed by atoms with van der Waals surface area (Å²) < 4.78 is 5.78. The van der Waals surface area contributed by atoms with Crippen LogP contribution in [0.5, 0.6) is 0 Å². The van der Waals surface area contributed by atoms with E-state index in [0.717, 1.165) is 36.1 Å². The van der Waals surface area contributed by atoms with Crippen LogP contribution in [0.3, 0.4) is 0 Å². The van der Waals surface area contributed by atoms with Gasteiger partial charge in [0.2, 0.25) is 0 Å². The number of carboxylic acid groups (broad SMARTS) is 1. The highest BCUT2D eigenvalue weighted by molar-refractivity contribution is 5.89. The molecule has 1 aliphatic rings. The summed E-state index contributed by atoms with van der Waals surface area (Å²) in [5.74, 6) is -1.02. The second-order valence-electron chi connectivity index (χ2n) is 5.39. The van der Waals surface area contributed by atoms with Gasteiger partial charge >= 0.3 is 5.97 Å². The molecule has 0 saturated carbocycles. The first-order chi connectivity index (χ1) is 10.2. The number of aromatic carboxylic acids is 1. The van der Waals surface area contributed by atoms with Gasteiger partial charge in [0.05, 0.1) is 11.8 Å². The maximum Gasteiger partial charge on any atom is 0.356 e. The maximum atomic E-state index is 11.4. The molecule has 0 amide bonds. The first-order valence-electron chi connectivity index (χ1n) is 7.17. The average molecular weight is 286 g/mol. The molecule has 1 aromatic heterocycles. The van der Waals surface area contributed by atoms with E-state index < -0.39 is 5.97 Å². The number of aryl methyl sites for hydroxylation is 1. The third kappa shape index (κ3) is 2.69. The molecule has 2 N–H and O–H groups in total. The summed E-state index contributed by atoms with van der Waals surface area (Å²) in [5.41, 5.74) is 3.58. The summed E-state index contributed by atoms with van der Waals surface area (Å²) in [4.78, 5) is 11.4. The number of carboxylic acids is 1. The summed E-state index contributed by atoms with van der Waals surface area (Å²) in [5, 5.41) is 16.2. The zero-order valence-electron chi connectivity index (χ0n) is 11.9. The van der Waals surface area contributed by atoms with Crippen LogP contribution in [0.25, 0.3) is 11.3 Å². The van der Waals surface area contributed by atoms with Crippen LogP contribution in [0.2, 0.25) is 0 Å². The van der Waals surface area contributed by atoms with Gasteiger partial charge in [0.15, 0.2) is 5.69 Å². The van der Waals surface area contributed by atoms with Crippen molar-refractivity contribution in [3.05, 3.63) is 41.1 Å². The molecule has 0 aliphatic carbocycles. The van der Waals surface area contributed by atoms with Gasteiger partial charge < -0.3 is 9.84 Å². The number of aromatic nitrogens is 2. The van der Waals surface area contributed by atoms with Crippen LogP contribution in [0.15, 0.2) is 24.3 Å². The van der Waals surface area contributed by atoms with E-state index in [4.69, 9.17) is 4.74 Å². The van der Waals surface area contributed by atoms with E-state index >= 15 is 0 Å². The lowest BCUT2D eigenvalue weighted by Crippen LogP contribution is -2.15. The van der Waals surface area contributed by atoms with E-state index in [1.54, 1.807) is 0 Å². The Hall–Kier alpha value is -2.14. The molecule has 3 rings (SSSR count). The minimum absolute atomic E-state index is 0.0671. The number of hydrogen-bond donors (Lipinski definition) is 2. The van der Waals surface area contributed by atoms with Crippen molar-refractivity contribution in [1.29, 1.82) is 0 Å². The standard InChI is InChI=1S/C16H18N2O3/c1-10-5-7-11(8-6-10)14-13(12-4-2-3-9-21-12)15(16(19)20)18-17-14/h5-8,12H,2-4,9H2,1H3,(H,17,18)(H,19,20). The molecule has 1 aliphatic heterocycles. The fraction of sp³-hybridized carbons (Fsp3) is 0.375. The van der Waals surface area contributed by atoms with Crippen LogP contribution in [-0.4, -0.2) is 27.9 Å². The van der Waals surface area contributed by atoms with Crippen LogP contribution < -0.4 is 0 Å². The number of hydrogen-bond acceptors (Lipinski definition) is 3. The Kier molecular flexibility index (Phi) is 3.75. The van der Waals surface area contributed by atoms with Crippen LogP contribution >= 0.6 is 0 Å². The van der Waals surface area contributed by atoms with Gasteiger partial charge in [0.1, 0.15) is 0 Å². The summed E-state index contributed by atoms with van der Waals surface area (Å²) in [6.07, 6.45) is 2.71. The topological polar surface area (TPSA) is 75.2 Å². The van der Waals surface area contributed by atoms with Gasteiger partial charge in [-0.2, -0.15) is 5.10 Å². The molecule has 1 atom stereocenters. The number of aromatic amines is 1. The number of nitrogens with zero attached hydrogens (tertiary/aromatic N) is 1. The molecule has 0 spiro atoms. The Balaban J connectivity index is 2.07. The minimum Gasteiger partial charge on any atom is -0.476 e. The van der Waals surface area contributed by atoms with Crippen molar-refractivity contribution in [2.45, 2.75) is 32.3 Å². The predicted molar refractivity (Wildman–Crippen MR) is 78.3 cm³/mol. The van der Waals surface area contributed by atoms with Gasteiger partial charge in [0, 0.05) is 12.2 Å². The van der Waals surface area contributed by atoms with Crippen molar-refractivity contribution < 1.29 is 14.6 Å². The van der Waals surface area contributed by atoms with Crippen LogP contribution in [-0.2, 0) is 4.74 Å². The molecule has 2 aromatic rings. The average Bonchev–Trinajstić information content (AvgIpc) is 2.94. The predicted octanol–water partition coefficient (Wildman–Crippen LogP) is 3.32. The lowest BCUT2D eigenvalue weighted by molar-refractivity contribution is 0.0142. The van der Waals surface area contributed by atoms with E-state index in [-0.39, 0.29) is 11.8 Å². The molecule has 5 heteroatoms. The molecule has 0 bridgehead atoms. The summed E-state index contributed by atoms with van der Waals surface area (Å²) in [6, 6.07) is 7.95. The lowest BCUT2D eigenvalue weighted by atomic mass is 9.96. The largest absolute Gasteiger partial charge is 0.476 e. The number of carbonyl (C=O) groups is 1. The Bertz CT molecular complexity index is 640. The maximum absolute atomic E-state index is 11.4. The molecule has 1 fully saturated rings. The number of rotatable bonds is 3. The highest BCUT2D eigenvalue weighted by Gasteiger charge is 2.28. The third-order valence-electron chi connectivity index (χ3n) is 3.85.